The summed E-state index contributed by atoms with van der Waals surface area (Å²) < 4.78 is 33.3. The summed E-state index contributed by atoms with van der Waals surface area (Å²) in [6, 6.07) is 5.19. The minimum absolute atomic E-state index is 0.0790. The molecule has 1 N–H and O–H groups in total. The molecule has 1 atom stereocenters. The number of hydrogen-bond acceptors (Lipinski definition) is 4. The molecule has 8 heteroatoms. The van der Waals surface area contributed by atoms with E-state index in [0.29, 0.717) is 5.56 Å². The molecule has 0 spiro atoms. The molecule has 6 nitrogen and oxygen atoms in total. The van der Waals surface area contributed by atoms with Crippen molar-refractivity contribution in [1.29, 1.82) is 0 Å². The Labute approximate surface area is 144 Å². The zero-order valence-corrected chi connectivity index (χ0v) is 14.3. The molecular weight excluding hydrogens is 330 g/mol. The van der Waals surface area contributed by atoms with Gasteiger partial charge in [-0.1, -0.05) is 5.16 Å². The van der Waals surface area contributed by atoms with Gasteiger partial charge >= 0.3 is 6.03 Å². The molecule has 0 bridgehead atoms. The second-order valence-corrected chi connectivity index (χ2v) is 7.25. The molecule has 134 valence electrons. The van der Waals surface area contributed by atoms with Crippen LogP contribution in [0.1, 0.15) is 33.1 Å². The van der Waals surface area contributed by atoms with E-state index < -0.39 is 11.2 Å². The van der Waals surface area contributed by atoms with Crippen molar-refractivity contribution in [3.05, 3.63) is 36.0 Å². The number of urea groups is 1. The van der Waals surface area contributed by atoms with Gasteiger partial charge in [-0.25, -0.2) is 13.6 Å². The largest absolute Gasteiger partial charge is 0.335 e. The fourth-order valence-corrected chi connectivity index (χ4v) is 2.64. The van der Waals surface area contributed by atoms with E-state index in [9.17, 15) is 9.18 Å². The van der Waals surface area contributed by atoms with Crippen LogP contribution in [0.25, 0.3) is 11.4 Å². The van der Waals surface area contributed by atoms with E-state index in [1.165, 1.54) is 29.2 Å². The lowest BCUT2D eigenvalue weighted by Crippen LogP contribution is -2.48. The minimum atomic E-state index is -1.89. The van der Waals surface area contributed by atoms with Crippen molar-refractivity contribution in [2.24, 2.45) is 0 Å². The zero-order valence-electron chi connectivity index (χ0n) is 14.3. The molecule has 2 amide bonds. The fraction of sp³-hybridized carbons (Fsp3) is 0.471. The second kappa shape index (κ2) is 6.09. The highest BCUT2D eigenvalue weighted by Gasteiger charge is 2.46. The SMILES string of the molecule is CC(C)(C)NC(=O)N1CCC(F)(c2nc(-c3ccc(F)cc3)no2)C1. The summed E-state index contributed by atoms with van der Waals surface area (Å²) in [5.74, 6) is -0.367. The molecule has 1 aromatic carbocycles. The normalized spacial score (nSPS) is 20.8. The molecule has 1 fully saturated rings. The Morgan fingerprint density at radius 3 is 2.64 bits per heavy atom. The first-order valence-electron chi connectivity index (χ1n) is 8.02. The van der Waals surface area contributed by atoms with E-state index in [-0.39, 0.29) is 43.1 Å². The van der Waals surface area contributed by atoms with Gasteiger partial charge in [0.15, 0.2) is 0 Å². The van der Waals surface area contributed by atoms with Crippen molar-refractivity contribution in [3.63, 3.8) is 0 Å². The number of nitrogens with zero attached hydrogens (tertiary/aromatic N) is 3. The van der Waals surface area contributed by atoms with Gasteiger partial charge in [0, 0.05) is 24.1 Å². The van der Waals surface area contributed by atoms with E-state index in [1.807, 2.05) is 20.8 Å². The smallest absolute Gasteiger partial charge is 0.317 e. The molecule has 1 saturated heterocycles. The van der Waals surface area contributed by atoms with Crippen LogP contribution < -0.4 is 5.32 Å². The van der Waals surface area contributed by atoms with E-state index in [2.05, 4.69) is 15.5 Å². The van der Waals surface area contributed by atoms with Crippen molar-refractivity contribution in [2.45, 2.75) is 38.4 Å². The molecule has 1 aliphatic heterocycles. The first-order chi connectivity index (χ1) is 11.7. The maximum atomic E-state index is 15.2. The number of alkyl halides is 1. The number of nitrogens with one attached hydrogen (secondary N) is 1. The number of amides is 2. The van der Waals surface area contributed by atoms with E-state index in [0.717, 1.165) is 0 Å². The van der Waals surface area contributed by atoms with Crippen LogP contribution in [0.3, 0.4) is 0 Å². The number of halogens is 2. The van der Waals surface area contributed by atoms with Crippen molar-refractivity contribution >= 4 is 6.03 Å². The Balaban J connectivity index is 1.74. The molecule has 0 radical (unpaired) electrons. The third kappa shape index (κ3) is 3.78. The number of carbonyl (C=O) groups is 1. The van der Waals surface area contributed by atoms with Crippen LogP contribution in [0, 0.1) is 5.82 Å². The first-order valence-corrected chi connectivity index (χ1v) is 8.02. The fourth-order valence-electron chi connectivity index (χ4n) is 2.64. The lowest BCUT2D eigenvalue weighted by molar-refractivity contribution is 0.118. The lowest BCUT2D eigenvalue weighted by Gasteiger charge is -2.25. The van der Waals surface area contributed by atoms with Gasteiger partial charge in [0.25, 0.3) is 5.89 Å². The number of aromatic nitrogens is 2. The van der Waals surface area contributed by atoms with Crippen LogP contribution >= 0.6 is 0 Å². The molecule has 2 heterocycles. The van der Waals surface area contributed by atoms with Crippen LogP contribution in [-0.4, -0.2) is 39.7 Å². The number of rotatable bonds is 2. The highest BCUT2D eigenvalue weighted by Crippen LogP contribution is 2.36. The lowest BCUT2D eigenvalue weighted by atomic mass is 10.1. The van der Waals surface area contributed by atoms with Crippen LogP contribution in [0.4, 0.5) is 13.6 Å². The second-order valence-electron chi connectivity index (χ2n) is 7.25. The van der Waals surface area contributed by atoms with Gasteiger partial charge in [0.1, 0.15) is 5.82 Å². The molecule has 3 rings (SSSR count). The molecule has 25 heavy (non-hydrogen) atoms. The summed E-state index contributed by atoms with van der Waals surface area (Å²) in [4.78, 5) is 17.7. The third-order valence-corrected chi connectivity index (χ3v) is 3.90. The van der Waals surface area contributed by atoms with Gasteiger partial charge in [-0.05, 0) is 45.0 Å². The number of carbonyl (C=O) groups excluding carboxylic acids is 1. The molecule has 0 aliphatic carbocycles. The van der Waals surface area contributed by atoms with E-state index >= 15 is 4.39 Å². The molecule has 2 aromatic rings. The maximum absolute atomic E-state index is 15.2. The molecule has 1 aromatic heterocycles. The van der Waals surface area contributed by atoms with Crippen molar-refractivity contribution in [1.82, 2.24) is 20.4 Å². The van der Waals surface area contributed by atoms with Gasteiger partial charge in [-0.3, -0.25) is 0 Å². The summed E-state index contributed by atoms with van der Waals surface area (Å²) >= 11 is 0. The Morgan fingerprint density at radius 1 is 1.32 bits per heavy atom. The van der Waals surface area contributed by atoms with E-state index in [4.69, 9.17) is 4.52 Å². The average Bonchev–Trinajstić information content (AvgIpc) is 3.14. The van der Waals surface area contributed by atoms with Gasteiger partial charge in [-0.2, -0.15) is 4.98 Å². The van der Waals surface area contributed by atoms with Crippen molar-refractivity contribution in [2.75, 3.05) is 13.1 Å². The Kier molecular flexibility index (Phi) is 4.22. The molecule has 1 unspecified atom stereocenters. The monoisotopic (exact) mass is 350 g/mol. The van der Waals surface area contributed by atoms with Crippen LogP contribution in [-0.2, 0) is 5.67 Å². The highest BCUT2D eigenvalue weighted by molar-refractivity contribution is 5.75. The Bertz CT molecular complexity index is 770. The van der Waals surface area contributed by atoms with Gasteiger partial charge in [0.05, 0.1) is 6.54 Å². The molecule has 1 aliphatic rings. The van der Waals surface area contributed by atoms with Gasteiger partial charge < -0.3 is 14.7 Å². The Morgan fingerprint density at radius 2 is 2.00 bits per heavy atom. The van der Waals surface area contributed by atoms with Crippen LogP contribution in [0.15, 0.2) is 28.8 Å². The minimum Gasteiger partial charge on any atom is -0.335 e. The summed E-state index contributed by atoms with van der Waals surface area (Å²) in [6.45, 7) is 5.68. The predicted molar refractivity (Wildman–Crippen MR) is 87.0 cm³/mol. The number of likely N-dealkylation sites (tertiary alicyclic amines) is 1. The number of hydrogen-bond donors (Lipinski definition) is 1. The average molecular weight is 350 g/mol. The summed E-state index contributed by atoms with van der Waals surface area (Å²) in [5, 5.41) is 6.57. The maximum Gasteiger partial charge on any atom is 0.317 e. The zero-order chi connectivity index (χ0) is 18.2. The third-order valence-electron chi connectivity index (χ3n) is 3.90. The molecule has 0 saturated carbocycles. The summed E-state index contributed by atoms with van der Waals surface area (Å²) in [7, 11) is 0. The van der Waals surface area contributed by atoms with Crippen molar-refractivity contribution < 1.29 is 18.1 Å². The van der Waals surface area contributed by atoms with E-state index in [1.54, 1.807) is 0 Å². The first kappa shape index (κ1) is 17.3. The van der Waals surface area contributed by atoms with Gasteiger partial charge in [0.2, 0.25) is 11.5 Å². The van der Waals surface area contributed by atoms with Gasteiger partial charge in [-0.15, -0.1) is 0 Å². The quantitative estimate of drug-likeness (QED) is 0.902. The highest BCUT2D eigenvalue weighted by atomic mass is 19.1. The summed E-state index contributed by atoms with van der Waals surface area (Å²) in [6.07, 6.45) is 0.0790. The molecular formula is C17H20F2N4O2. The summed E-state index contributed by atoms with van der Waals surface area (Å²) in [5.41, 5.74) is -1.76. The number of benzene rings is 1. The van der Waals surface area contributed by atoms with Crippen molar-refractivity contribution in [3.8, 4) is 11.4 Å². The standard InChI is InChI=1S/C17H20F2N4O2/c1-16(2,3)21-15(24)23-9-8-17(19,10-23)14-20-13(22-25-14)11-4-6-12(18)7-5-11/h4-7H,8-10H2,1-3H3,(H,21,24). The van der Waals surface area contributed by atoms with Crippen LogP contribution in [0.2, 0.25) is 0 Å². The predicted octanol–water partition coefficient (Wildman–Crippen LogP) is 3.25. The van der Waals surface area contributed by atoms with Crippen LogP contribution in [0.5, 0.6) is 0 Å². The Hall–Kier alpha value is -2.51. The topological polar surface area (TPSA) is 71.3 Å².